The predicted octanol–water partition coefficient (Wildman–Crippen LogP) is 1.66. The molecule has 0 spiro atoms. The molecule has 6 heteroatoms. The Bertz CT molecular complexity index is 589. The van der Waals surface area contributed by atoms with E-state index in [1.165, 1.54) is 0 Å². The average molecular weight is 266 g/mol. The highest BCUT2D eigenvalue weighted by Gasteiger charge is 2.05. The van der Waals surface area contributed by atoms with Gasteiger partial charge in [-0.15, -0.1) is 12.6 Å². The quantitative estimate of drug-likeness (QED) is 0.740. The topological polar surface area (TPSA) is 62.0 Å². The molecule has 2 rings (SSSR count). The van der Waals surface area contributed by atoms with E-state index in [0.29, 0.717) is 17.8 Å². The third-order valence-corrected chi connectivity index (χ3v) is 3.12. The van der Waals surface area contributed by atoms with Gasteiger partial charge in [-0.3, -0.25) is 9.59 Å². The van der Waals surface area contributed by atoms with Crippen molar-refractivity contribution in [2.24, 2.45) is 0 Å². The summed E-state index contributed by atoms with van der Waals surface area (Å²) in [5.41, 5.74) is 1.26. The van der Waals surface area contributed by atoms with Crippen LogP contribution in [0, 0.1) is 0 Å². The number of aromatic nitrogens is 1. The van der Waals surface area contributed by atoms with Crippen LogP contribution in [0.2, 0.25) is 0 Å². The van der Waals surface area contributed by atoms with E-state index in [4.69, 9.17) is 0 Å². The van der Waals surface area contributed by atoms with Crippen molar-refractivity contribution in [2.75, 3.05) is 0 Å². The SMILES string of the molecule is O=C(NCc1csc(=O)[nH]1)c1cccc(S)c1. The van der Waals surface area contributed by atoms with Gasteiger partial charge in [0.25, 0.3) is 5.91 Å². The maximum atomic E-state index is 11.7. The second-order valence-electron chi connectivity index (χ2n) is 3.41. The lowest BCUT2D eigenvalue weighted by molar-refractivity contribution is 0.0950. The number of aromatic amines is 1. The molecule has 2 N–H and O–H groups in total. The Hall–Kier alpha value is -1.53. The standard InChI is InChI=1S/C11H10N2O2S2/c14-10(7-2-1-3-9(16)4-7)12-5-8-6-17-11(15)13-8/h1-4,6,16H,5H2,(H,12,14)(H,13,15). The van der Waals surface area contributed by atoms with Crippen molar-refractivity contribution in [1.82, 2.24) is 10.3 Å². The number of carbonyl (C=O) groups is 1. The first-order valence-corrected chi connectivity index (χ1v) is 6.22. The maximum absolute atomic E-state index is 11.7. The number of hydrogen-bond donors (Lipinski definition) is 3. The first kappa shape index (κ1) is 11.9. The van der Waals surface area contributed by atoms with Crippen molar-refractivity contribution in [2.45, 2.75) is 11.4 Å². The summed E-state index contributed by atoms with van der Waals surface area (Å²) in [7, 11) is 0. The fourth-order valence-corrected chi connectivity index (χ4v) is 2.13. The Morgan fingerprint density at radius 3 is 2.94 bits per heavy atom. The largest absolute Gasteiger partial charge is 0.346 e. The lowest BCUT2D eigenvalue weighted by atomic mass is 10.2. The van der Waals surface area contributed by atoms with Crippen molar-refractivity contribution in [1.29, 1.82) is 0 Å². The lowest BCUT2D eigenvalue weighted by Gasteiger charge is -2.03. The van der Waals surface area contributed by atoms with Crippen molar-refractivity contribution < 1.29 is 4.79 Å². The molecule has 17 heavy (non-hydrogen) atoms. The molecule has 0 fully saturated rings. The summed E-state index contributed by atoms with van der Waals surface area (Å²) in [6.45, 7) is 0.314. The van der Waals surface area contributed by atoms with Crippen LogP contribution in [-0.2, 0) is 6.54 Å². The third kappa shape index (κ3) is 3.21. The molecular formula is C11H10N2O2S2. The van der Waals surface area contributed by atoms with Crippen LogP contribution >= 0.6 is 24.0 Å². The summed E-state index contributed by atoms with van der Waals surface area (Å²) in [4.78, 5) is 25.9. The minimum atomic E-state index is -0.187. The number of nitrogens with one attached hydrogen (secondary N) is 2. The summed E-state index contributed by atoms with van der Waals surface area (Å²) in [6.07, 6.45) is 0. The second kappa shape index (κ2) is 5.20. The Balaban J connectivity index is 2.00. The summed E-state index contributed by atoms with van der Waals surface area (Å²) >= 11 is 5.24. The zero-order valence-corrected chi connectivity index (χ0v) is 10.5. The molecule has 88 valence electrons. The molecule has 0 unspecified atom stereocenters. The highest BCUT2D eigenvalue weighted by atomic mass is 32.1. The number of benzene rings is 1. The van der Waals surface area contributed by atoms with Crippen LogP contribution in [0.4, 0.5) is 0 Å². The fourth-order valence-electron chi connectivity index (χ4n) is 1.33. The highest BCUT2D eigenvalue weighted by Crippen LogP contribution is 2.08. The predicted molar refractivity (Wildman–Crippen MR) is 69.8 cm³/mol. The van der Waals surface area contributed by atoms with Crippen molar-refractivity contribution >= 4 is 29.9 Å². The molecular weight excluding hydrogens is 256 g/mol. The molecule has 1 aromatic heterocycles. The van der Waals surface area contributed by atoms with Gasteiger partial charge < -0.3 is 10.3 Å². The van der Waals surface area contributed by atoms with Crippen LogP contribution in [0.15, 0.2) is 39.3 Å². The average Bonchev–Trinajstić information content (AvgIpc) is 2.72. The van der Waals surface area contributed by atoms with Gasteiger partial charge in [0.15, 0.2) is 0 Å². The van der Waals surface area contributed by atoms with Gasteiger partial charge >= 0.3 is 4.87 Å². The molecule has 0 atom stereocenters. The Kier molecular flexibility index (Phi) is 3.65. The molecule has 2 aromatic rings. The highest BCUT2D eigenvalue weighted by molar-refractivity contribution is 7.80. The molecule has 0 aliphatic rings. The summed E-state index contributed by atoms with van der Waals surface area (Å²) in [5, 5.41) is 4.41. The first-order chi connectivity index (χ1) is 8.15. The molecule has 4 nitrogen and oxygen atoms in total. The molecule has 0 bridgehead atoms. The number of carbonyl (C=O) groups excluding carboxylic acids is 1. The number of H-pyrrole nitrogens is 1. The first-order valence-electron chi connectivity index (χ1n) is 4.89. The van der Waals surface area contributed by atoms with E-state index in [1.54, 1.807) is 29.6 Å². The molecule has 0 saturated heterocycles. The van der Waals surface area contributed by atoms with Crippen LogP contribution in [0.5, 0.6) is 0 Å². The van der Waals surface area contributed by atoms with Crippen LogP contribution < -0.4 is 10.2 Å². The van der Waals surface area contributed by atoms with Crippen LogP contribution in [0.1, 0.15) is 16.1 Å². The number of thiazole rings is 1. The minimum Gasteiger partial charge on any atom is -0.346 e. The molecule has 0 aliphatic carbocycles. The fraction of sp³-hybridized carbons (Fsp3) is 0.0909. The molecule has 1 amide bonds. The molecule has 0 saturated carbocycles. The third-order valence-electron chi connectivity index (χ3n) is 2.12. The monoisotopic (exact) mass is 266 g/mol. The molecule has 0 radical (unpaired) electrons. The second-order valence-corrected chi connectivity index (χ2v) is 4.76. The van der Waals surface area contributed by atoms with Crippen LogP contribution in [-0.4, -0.2) is 10.9 Å². The van der Waals surface area contributed by atoms with Crippen molar-refractivity contribution in [3.05, 3.63) is 50.6 Å². The Labute approximate surface area is 107 Å². The normalized spacial score (nSPS) is 10.2. The van der Waals surface area contributed by atoms with Crippen LogP contribution in [0.3, 0.4) is 0 Å². The van der Waals surface area contributed by atoms with Gasteiger partial charge in [-0.25, -0.2) is 0 Å². The van der Waals surface area contributed by atoms with Crippen molar-refractivity contribution in [3.63, 3.8) is 0 Å². The molecule has 1 aromatic carbocycles. The molecule has 0 aliphatic heterocycles. The van der Waals surface area contributed by atoms with Gasteiger partial charge in [0.2, 0.25) is 0 Å². The van der Waals surface area contributed by atoms with E-state index < -0.39 is 0 Å². The number of rotatable bonds is 3. The summed E-state index contributed by atoms with van der Waals surface area (Å²) < 4.78 is 0. The summed E-state index contributed by atoms with van der Waals surface area (Å²) in [5.74, 6) is -0.187. The zero-order chi connectivity index (χ0) is 12.3. The van der Waals surface area contributed by atoms with Gasteiger partial charge in [0.05, 0.1) is 6.54 Å². The van der Waals surface area contributed by atoms with E-state index in [9.17, 15) is 9.59 Å². The van der Waals surface area contributed by atoms with E-state index in [2.05, 4.69) is 22.9 Å². The van der Waals surface area contributed by atoms with Crippen LogP contribution in [0.25, 0.3) is 0 Å². The lowest BCUT2D eigenvalue weighted by Crippen LogP contribution is -2.23. The van der Waals surface area contributed by atoms with Gasteiger partial charge in [-0.1, -0.05) is 17.4 Å². The van der Waals surface area contributed by atoms with Crippen molar-refractivity contribution in [3.8, 4) is 0 Å². The zero-order valence-electron chi connectivity index (χ0n) is 8.77. The van der Waals surface area contributed by atoms with Gasteiger partial charge in [-0.2, -0.15) is 0 Å². The number of hydrogen-bond acceptors (Lipinski definition) is 4. The van der Waals surface area contributed by atoms with Gasteiger partial charge in [0, 0.05) is 21.5 Å². The van der Waals surface area contributed by atoms with Gasteiger partial charge in [-0.05, 0) is 18.2 Å². The van der Waals surface area contributed by atoms with Gasteiger partial charge in [0.1, 0.15) is 0 Å². The van der Waals surface area contributed by atoms with E-state index >= 15 is 0 Å². The summed E-state index contributed by atoms with van der Waals surface area (Å²) in [6, 6.07) is 6.97. The minimum absolute atomic E-state index is 0.119. The number of thiol groups is 1. The molecule has 1 heterocycles. The smallest absolute Gasteiger partial charge is 0.304 e. The van der Waals surface area contributed by atoms with E-state index in [1.807, 2.05) is 0 Å². The van der Waals surface area contributed by atoms with E-state index in [0.717, 1.165) is 16.2 Å². The maximum Gasteiger partial charge on any atom is 0.304 e. The number of amides is 1. The Morgan fingerprint density at radius 1 is 1.47 bits per heavy atom. The Morgan fingerprint density at radius 2 is 2.29 bits per heavy atom. The van der Waals surface area contributed by atoms with E-state index in [-0.39, 0.29) is 10.8 Å².